The summed E-state index contributed by atoms with van der Waals surface area (Å²) in [6, 6.07) is 5.33. The number of amides is 1. The molecule has 0 aromatic carbocycles. The molecule has 6 heteroatoms. The Morgan fingerprint density at radius 2 is 1.80 bits per heavy atom. The normalized spacial score (nSPS) is 30.6. The number of allylic oxidation sites excluding steroid dienone is 2. The second-order valence-electron chi connectivity index (χ2n) is 7.44. The maximum atomic E-state index is 13.0. The van der Waals surface area contributed by atoms with Crippen molar-refractivity contribution in [3.05, 3.63) is 46.4 Å². The molecule has 1 aliphatic carbocycles. The fraction of sp³-hybridized carbons (Fsp3) is 0.526. The number of carbonyl (C=O) groups excluding carboxylic acids is 1. The first-order valence-electron chi connectivity index (χ1n) is 8.91. The van der Waals surface area contributed by atoms with Gasteiger partial charge < -0.3 is 14.6 Å². The minimum atomic E-state index is -0.892. The van der Waals surface area contributed by atoms with E-state index in [0.717, 1.165) is 12.1 Å². The van der Waals surface area contributed by atoms with Crippen LogP contribution in [0.4, 0.5) is 0 Å². The molecular weight excluding hydrogens is 320 g/mol. The van der Waals surface area contributed by atoms with Gasteiger partial charge in [0.25, 0.3) is 5.56 Å². The number of carbonyl (C=O) groups is 2. The van der Waals surface area contributed by atoms with Crippen LogP contribution in [0.5, 0.6) is 0 Å². The number of pyridine rings is 1. The van der Waals surface area contributed by atoms with E-state index in [-0.39, 0.29) is 23.3 Å². The molecule has 0 unspecified atom stereocenters. The third kappa shape index (κ3) is 2.79. The van der Waals surface area contributed by atoms with Gasteiger partial charge in [0.1, 0.15) is 0 Å². The SMILES string of the molecule is O=C(O)[C@@H]1CC=CC[C@@H]1C(=O)N1C[C@@H]2C[C@@H](C1)c1cccc(=O)n1C2. The maximum absolute atomic E-state index is 13.0. The van der Waals surface area contributed by atoms with Crippen molar-refractivity contribution in [2.24, 2.45) is 17.8 Å². The summed E-state index contributed by atoms with van der Waals surface area (Å²) in [6.07, 6.45) is 5.68. The molecule has 1 aromatic heterocycles. The first-order chi connectivity index (χ1) is 12.0. The lowest BCUT2D eigenvalue weighted by Crippen LogP contribution is -2.51. The van der Waals surface area contributed by atoms with E-state index in [2.05, 4.69) is 0 Å². The molecule has 4 rings (SSSR count). The minimum absolute atomic E-state index is 0.0235. The topological polar surface area (TPSA) is 79.6 Å². The number of hydrogen-bond donors (Lipinski definition) is 1. The van der Waals surface area contributed by atoms with E-state index >= 15 is 0 Å². The summed E-state index contributed by atoms with van der Waals surface area (Å²) in [5.41, 5.74) is 1.02. The summed E-state index contributed by atoms with van der Waals surface area (Å²) in [5.74, 6) is -1.62. The Bertz CT molecular complexity index is 797. The molecule has 2 aliphatic heterocycles. The van der Waals surface area contributed by atoms with Crippen molar-refractivity contribution in [3.63, 3.8) is 0 Å². The second kappa shape index (κ2) is 6.17. The fourth-order valence-electron chi connectivity index (χ4n) is 4.67. The van der Waals surface area contributed by atoms with Crippen LogP contribution in [-0.2, 0) is 16.1 Å². The Hall–Kier alpha value is -2.37. The smallest absolute Gasteiger partial charge is 0.307 e. The van der Waals surface area contributed by atoms with Crippen LogP contribution in [0.2, 0.25) is 0 Å². The largest absolute Gasteiger partial charge is 0.481 e. The van der Waals surface area contributed by atoms with Crippen molar-refractivity contribution in [1.82, 2.24) is 9.47 Å². The molecular formula is C19H22N2O4. The molecule has 1 aromatic rings. The van der Waals surface area contributed by atoms with Crippen molar-refractivity contribution in [2.75, 3.05) is 13.1 Å². The average molecular weight is 342 g/mol. The molecule has 1 N–H and O–H groups in total. The molecule has 0 saturated carbocycles. The molecule has 3 heterocycles. The Kier molecular flexibility index (Phi) is 3.98. The van der Waals surface area contributed by atoms with Crippen molar-refractivity contribution in [2.45, 2.75) is 31.7 Å². The molecule has 1 amide bonds. The molecule has 0 radical (unpaired) electrons. The van der Waals surface area contributed by atoms with Gasteiger partial charge >= 0.3 is 5.97 Å². The Balaban J connectivity index is 1.58. The van der Waals surface area contributed by atoms with E-state index in [0.29, 0.717) is 32.5 Å². The van der Waals surface area contributed by atoms with Gasteiger partial charge in [-0.1, -0.05) is 18.2 Å². The predicted molar refractivity (Wildman–Crippen MR) is 91.1 cm³/mol. The highest BCUT2D eigenvalue weighted by Crippen LogP contribution is 2.37. The molecule has 1 saturated heterocycles. The fourth-order valence-corrected chi connectivity index (χ4v) is 4.67. The van der Waals surface area contributed by atoms with Crippen LogP contribution in [0.3, 0.4) is 0 Å². The van der Waals surface area contributed by atoms with Crippen LogP contribution < -0.4 is 5.56 Å². The number of carboxylic acid groups (broad SMARTS) is 1. The number of aliphatic carboxylic acids is 1. The van der Waals surface area contributed by atoms with Gasteiger partial charge in [0.05, 0.1) is 11.8 Å². The zero-order valence-electron chi connectivity index (χ0n) is 14.0. The van der Waals surface area contributed by atoms with Crippen LogP contribution in [0.25, 0.3) is 0 Å². The van der Waals surface area contributed by atoms with Crippen molar-refractivity contribution >= 4 is 11.9 Å². The lowest BCUT2D eigenvalue weighted by Gasteiger charge is -2.44. The van der Waals surface area contributed by atoms with Crippen LogP contribution in [0.15, 0.2) is 35.1 Å². The van der Waals surface area contributed by atoms with E-state index in [1.54, 1.807) is 12.1 Å². The highest BCUT2D eigenvalue weighted by Gasteiger charge is 2.41. The standard InChI is InChI=1S/C19H22N2O4/c22-17-7-3-6-16-13-8-12(10-21(16)17)9-20(11-13)18(23)14-4-1-2-5-15(14)19(24)25/h1-3,6-7,12-15H,4-5,8-11H2,(H,24,25)/t12-,13-,14-,15+/m0/s1. The molecule has 3 aliphatic rings. The van der Waals surface area contributed by atoms with E-state index < -0.39 is 17.8 Å². The van der Waals surface area contributed by atoms with Gasteiger partial charge in [0.15, 0.2) is 0 Å². The number of fused-ring (bicyclic) bond motifs is 4. The van der Waals surface area contributed by atoms with Gasteiger partial charge in [-0.05, 0) is 31.2 Å². The van der Waals surface area contributed by atoms with E-state index in [1.165, 1.54) is 0 Å². The number of aromatic nitrogens is 1. The van der Waals surface area contributed by atoms with Crippen LogP contribution in [0, 0.1) is 17.8 Å². The maximum Gasteiger partial charge on any atom is 0.307 e. The number of likely N-dealkylation sites (tertiary alicyclic amines) is 1. The third-order valence-electron chi connectivity index (χ3n) is 5.86. The molecule has 1 fully saturated rings. The monoisotopic (exact) mass is 342 g/mol. The Morgan fingerprint density at radius 3 is 2.56 bits per heavy atom. The number of carboxylic acids is 1. The van der Waals surface area contributed by atoms with Gasteiger partial charge in [0, 0.05) is 37.3 Å². The van der Waals surface area contributed by atoms with Gasteiger partial charge in [0.2, 0.25) is 5.91 Å². The summed E-state index contributed by atoms with van der Waals surface area (Å²) < 4.78 is 1.84. The Morgan fingerprint density at radius 1 is 1.04 bits per heavy atom. The van der Waals surface area contributed by atoms with Gasteiger partial charge in [-0.3, -0.25) is 14.4 Å². The van der Waals surface area contributed by atoms with Crippen LogP contribution >= 0.6 is 0 Å². The number of hydrogen-bond acceptors (Lipinski definition) is 3. The zero-order valence-corrected chi connectivity index (χ0v) is 14.0. The van der Waals surface area contributed by atoms with E-state index in [9.17, 15) is 19.5 Å². The summed E-state index contributed by atoms with van der Waals surface area (Å²) in [7, 11) is 0. The molecule has 25 heavy (non-hydrogen) atoms. The first kappa shape index (κ1) is 16.1. The van der Waals surface area contributed by atoms with Crippen molar-refractivity contribution in [1.29, 1.82) is 0 Å². The zero-order chi connectivity index (χ0) is 17.6. The predicted octanol–water partition coefficient (Wildman–Crippen LogP) is 1.46. The Labute approximate surface area is 145 Å². The quantitative estimate of drug-likeness (QED) is 0.825. The lowest BCUT2D eigenvalue weighted by molar-refractivity contribution is -0.151. The molecule has 0 spiro atoms. The number of nitrogens with zero attached hydrogens (tertiary/aromatic N) is 2. The molecule has 4 atom stereocenters. The van der Waals surface area contributed by atoms with Gasteiger partial charge in [-0.25, -0.2) is 0 Å². The van der Waals surface area contributed by atoms with Crippen molar-refractivity contribution < 1.29 is 14.7 Å². The first-order valence-corrected chi connectivity index (χ1v) is 8.91. The summed E-state index contributed by atoms with van der Waals surface area (Å²) in [4.78, 5) is 38.5. The highest BCUT2D eigenvalue weighted by atomic mass is 16.4. The van der Waals surface area contributed by atoms with Crippen molar-refractivity contribution in [3.8, 4) is 0 Å². The third-order valence-corrected chi connectivity index (χ3v) is 5.86. The van der Waals surface area contributed by atoms with Crippen LogP contribution in [-0.4, -0.2) is 39.5 Å². The van der Waals surface area contributed by atoms with Gasteiger partial charge in [-0.2, -0.15) is 0 Å². The van der Waals surface area contributed by atoms with E-state index in [4.69, 9.17) is 0 Å². The summed E-state index contributed by atoms with van der Waals surface area (Å²) in [6.45, 7) is 1.83. The number of piperidine rings is 1. The molecule has 6 nitrogen and oxygen atoms in total. The summed E-state index contributed by atoms with van der Waals surface area (Å²) in [5, 5.41) is 9.44. The van der Waals surface area contributed by atoms with Gasteiger partial charge in [-0.15, -0.1) is 0 Å². The highest BCUT2D eigenvalue weighted by molar-refractivity contribution is 5.85. The lowest BCUT2D eigenvalue weighted by atomic mass is 9.79. The van der Waals surface area contributed by atoms with E-state index in [1.807, 2.05) is 27.7 Å². The molecule has 132 valence electrons. The minimum Gasteiger partial charge on any atom is -0.481 e. The summed E-state index contributed by atoms with van der Waals surface area (Å²) >= 11 is 0. The number of rotatable bonds is 2. The average Bonchev–Trinajstić information content (AvgIpc) is 2.62. The van der Waals surface area contributed by atoms with Crippen LogP contribution in [0.1, 0.15) is 30.9 Å². The molecule has 2 bridgehead atoms. The second-order valence-corrected chi connectivity index (χ2v) is 7.44.